The van der Waals surface area contributed by atoms with E-state index in [2.05, 4.69) is 22.0 Å². The van der Waals surface area contributed by atoms with Gasteiger partial charge in [0, 0.05) is 11.5 Å². The molecule has 9 heteroatoms. The van der Waals surface area contributed by atoms with Crippen LogP contribution >= 0.6 is 0 Å². The number of carbonyl (C=O) groups excluding carboxylic acids is 1. The van der Waals surface area contributed by atoms with E-state index in [-0.39, 0.29) is 13.2 Å². The molecule has 32 heavy (non-hydrogen) atoms. The molecule has 0 unspecified atom stereocenters. The van der Waals surface area contributed by atoms with Crippen molar-refractivity contribution >= 4 is 5.97 Å². The number of esters is 1. The zero-order valence-corrected chi connectivity index (χ0v) is 17.7. The third kappa shape index (κ3) is 5.66. The highest BCUT2D eigenvalue weighted by molar-refractivity contribution is 5.89. The number of hydrogen-bond donors (Lipinski definition) is 0. The molecule has 0 saturated carbocycles. The molecule has 0 fully saturated rings. The minimum atomic E-state index is -4.40. The second-order valence-electron chi connectivity index (χ2n) is 6.80. The van der Waals surface area contributed by atoms with E-state index in [1.165, 1.54) is 16.9 Å². The Bertz CT molecular complexity index is 1170. The molecular formula is C23H20F3N3O3. The third-order valence-electron chi connectivity index (χ3n) is 4.45. The number of rotatable bonds is 5. The van der Waals surface area contributed by atoms with E-state index in [1.54, 1.807) is 32.0 Å². The number of alkyl halides is 3. The van der Waals surface area contributed by atoms with Crippen LogP contribution in [0.15, 0.2) is 42.5 Å². The summed E-state index contributed by atoms with van der Waals surface area (Å²) < 4.78 is 48.8. The van der Waals surface area contributed by atoms with Gasteiger partial charge in [-0.1, -0.05) is 5.92 Å². The Balaban J connectivity index is 1.68. The van der Waals surface area contributed by atoms with Crippen LogP contribution < -0.4 is 4.74 Å². The zero-order chi connectivity index (χ0) is 23.3. The lowest BCUT2D eigenvalue weighted by Gasteiger charge is -2.07. The van der Waals surface area contributed by atoms with Crippen LogP contribution in [0.1, 0.15) is 35.0 Å². The van der Waals surface area contributed by atoms with Gasteiger partial charge >= 0.3 is 12.1 Å². The normalized spacial score (nSPS) is 10.9. The van der Waals surface area contributed by atoms with Gasteiger partial charge in [0.15, 0.2) is 0 Å². The van der Waals surface area contributed by atoms with E-state index in [9.17, 15) is 18.0 Å². The SMILES string of the molecule is CCOC(=O)C#Cc1ccc(OCc2nn(-c3ccc(C(F)(F)F)cc3)nc2C)cc1C. The average Bonchev–Trinajstić information content (AvgIpc) is 3.12. The highest BCUT2D eigenvalue weighted by Gasteiger charge is 2.30. The lowest BCUT2D eigenvalue weighted by molar-refractivity contribution is -0.138. The maximum Gasteiger partial charge on any atom is 0.416 e. The number of carbonyl (C=O) groups is 1. The van der Waals surface area contributed by atoms with Crippen molar-refractivity contribution in [1.29, 1.82) is 0 Å². The number of benzene rings is 2. The highest BCUT2D eigenvalue weighted by atomic mass is 19.4. The number of hydrogen-bond acceptors (Lipinski definition) is 5. The molecule has 0 atom stereocenters. The maximum absolute atomic E-state index is 12.7. The molecule has 0 saturated heterocycles. The van der Waals surface area contributed by atoms with Gasteiger partial charge in [-0.15, -0.1) is 5.10 Å². The molecule has 1 heterocycles. The maximum atomic E-state index is 12.7. The predicted octanol–water partition coefficient (Wildman–Crippen LogP) is 4.40. The predicted molar refractivity (Wildman–Crippen MR) is 110 cm³/mol. The number of aromatic nitrogens is 3. The van der Waals surface area contributed by atoms with Crippen molar-refractivity contribution in [2.24, 2.45) is 0 Å². The van der Waals surface area contributed by atoms with Gasteiger partial charge < -0.3 is 9.47 Å². The molecule has 166 valence electrons. The quantitative estimate of drug-likeness (QED) is 0.432. The van der Waals surface area contributed by atoms with Crippen LogP contribution in [0.3, 0.4) is 0 Å². The first-order chi connectivity index (χ1) is 15.2. The number of aryl methyl sites for hydroxylation is 2. The molecule has 0 aliphatic rings. The first-order valence-corrected chi connectivity index (χ1v) is 9.70. The highest BCUT2D eigenvalue weighted by Crippen LogP contribution is 2.29. The smallest absolute Gasteiger partial charge is 0.416 e. The lowest BCUT2D eigenvalue weighted by Crippen LogP contribution is -2.06. The Morgan fingerprint density at radius 2 is 1.81 bits per heavy atom. The Hall–Kier alpha value is -3.80. The molecule has 0 bridgehead atoms. The summed E-state index contributed by atoms with van der Waals surface area (Å²) in [6.07, 6.45) is -4.40. The monoisotopic (exact) mass is 443 g/mol. The summed E-state index contributed by atoms with van der Waals surface area (Å²) in [6, 6.07) is 9.84. The first kappa shape index (κ1) is 22.9. The van der Waals surface area contributed by atoms with E-state index in [1.807, 2.05) is 6.92 Å². The summed E-state index contributed by atoms with van der Waals surface area (Å²) in [5.74, 6) is 5.18. The van der Waals surface area contributed by atoms with Crippen LogP contribution in [-0.2, 0) is 22.3 Å². The number of nitrogens with zero attached hydrogens (tertiary/aromatic N) is 3. The molecule has 0 aliphatic heterocycles. The summed E-state index contributed by atoms with van der Waals surface area (Å²) in [4.78, 5) is 12.6. The molecule has 0 aliphatic carbocycles. The fourth-order valence-corrected chi connectivity index (χ4v) is 2.74. The van der Waals surface area contributed by atoms with Crippen molar-refractivity contribution < 1.29 is 27.4 Å². The van der Waals surface area contributed by atoms with Gasteiger partial charge in [-0.2, -0.15) is 23.1 Å². The fraction of sp³-hybridized carbons (Fsp3) is 0.261. The van der Waals surface area contributed by atoms with Crippen molar-refractivity contribution in [3.8, 4) is 23.3 Å². The molecule has 0 radical (unpaired) electrons. The molecular weight excluding hydrogens is 423 g/mol. The molecule has 1 aromatic heterocycles. The van der Waals surface area contributed by atoms with E-state index in [4.69, 9.17) is 9.47 Å². The van der Waals surface area contributed by atoms with Gasteiger partial charge in [-0.25, -0.2) is 4.79 Å². The number of ether oxygens (including phenoxy) is 2. The fourth-order valence-electron chi connectivity index (χ4n) is 2.74. The third-order valence-corrected chi connectivity index (χ3v) is 4.45. The summed E-state index contributed by atoms with van der Waals surface area (Å²) in [5.41, 5.74) is 2.32. The summed E-state index contributed by atoms with van der Waals surface area (Å²) in [6.45, 7) is 5.68. The van der Waals surface area contributed by atoms with Gasteiger partial charge in [0.2, 0.25) is 0 Å². The molecule has 0 N–H and O–H groups in total. The average molecular weight is 443 g/mol. The topological polar surface area (TPSA) is 66.2 Å². The molecule has 6 nitrogen and oxygen atoms in total. The zero-order valence-electron chi connectivity index (χ0n) is 17.7. The van der Waals surface area contributed by atoms with Gasteiger partial charge in [0.25, 0.3) is 0 Å². The molecule has 2 aromatic carbocycles. The minimum Gasteiger partial charge on any atom is -0.487 e. The molecule has 0 spiro atoms. The second-order valence-corrected chi connectivity index (χ2v) is 6.80. The minimum absolute atomic E-state index is 0.125. The number of halogens is 3. The summed E-state index contributed by atoms with van der Waals surface area (Å²) >= 11 is 0. The molecule has 0 amide bonds. The Labute approximate surface area is 183 Å². The van der Waals surface area contributed by atoms with Crippen molar-refractivity contribution in [2.45, 2.75) is 33.6 Å². The van der Waals surface area contributed by atoms with Crippen molar-refractivity contribution in [3.63, 3.8) is 0 Å². The first-order valence-electron chi connectivity index (χ1n) is 9.70. The van der Waals surface area contributed by atoms with Crippen molar-refractivity contribution in [2.75, 3.05) is 6.61 Å². The Kier molecular flexibility index (Phi) is 6.83. The standard InChI is InChI=1S/C23H20F3N3O3/c1-4-31-22(30)12-6-17-5-11-20(13-15(17)2)32-14-21-16(3)27-29(28-21)19-9-7-18(8-10-19)23(24,25)26/h5,7-11,13H,4,14H2,1-3H3. The molecule has 3 aromatic rings. The van der Waals surface area contributed by atoms with E-state index in [0.717, 1.165) is 17.7 Å². The van der Waals surface area contributed by atoms with E-state index in [0.29, 0.717) is 28.4 Å². The van der Waals surface area contributed by atoms with Gasteiger partial charge in [-0.3, -0.25) is 0 Å². The van der Waals surface area contributed by atoms with Crippen LogP contribution in [-0.4, -0.2) is 27.6 Å². The van der Waals surface area contributed by atoms with E-state index < -0.39 is 17.7 Å². The van der Waals surface area contributed by atoms with Gasteiger partial charge in [-0.05, 0) is 68.8 Å². The van der Waals surface area contributed by atoms with Crippen LogP contribution in [0, 0.1) is 25.7 Å². The van der Waals surface area contributed by atoms with Gasteiger partial charge in [0.05, 0.1) is 23.6 Å². The largest absolute Gasteiger partial charge is 0.487 e. The van der Waals surface area contributed by atoms with Crippen LogP contribution in [0.5, 0.6) is 5.75 Å². The van der Waals surface area contributed by atoms with Crippen LogP contribution in [0.4, 0.5) is 13.2 Å². The molecule has 3 rings (SSSR count). The van der Waals surface area contributed by atoms with Crippen LogP contribution in [0.25, 0.3) is 5.69 Å². The van der Waals surface area contributed by atoms with Crippen molar-refractivity contribution in [3.05, 3.63) is 70.5 Å². The Morgan fingerprint density at radius 3 is 2.44 bits per heavy atom. The summed E-state index contributed by atoms with van der Waals surface area (Å²) in [7, 11) is 0. The van der Waals surface area contributed by atoms with Crippen molar-refractivity contribution in [1.82, 2.24) is 15.0 Å². The van der Waals surface area contributed by atoms with E-state index >= 15 is 0 Å². The van der Waals surface area contributed by atoms with Gasteiger partial charge in [0.1, 0.15) is 18.1 Å². The van der Waals surface area contributed by atoms with Crippen LogP contribution in [0.2, 0.25) is 0 Å². The Morgan fingerprint density at radius 1 is 1.09 bits per heavy atom. The second kappa shape index (κ2) is 9.56. The summed E-state index contributed by atoms with van der Waals surface area (Å²) in [5, 5.41) is 8.57. The lowest BCUT2D eigenvalue weighted by atomic mass is 10.1.